The minimum absolute atomic E-state index is 0.112. The topological polar surface area (TPSA) is 71.3 Å². The zero-order valence-electron chi connectivity index (χ0n) is 17.0. The van der Waals surface area contributed by atoms with E-state index in [9.17, 15) is 0 Å². The highest BCUT2D eigenvalue weighted by Crippen LogP contribution is 2.51. The summed E-state index contributed by atoms with van der Waals surface area (Å²) in [6.07, 6.45) is 0.915. The van der Waals surface area contributed by atoms with E-state index in [1.807, 2.05) is 16.8 Å². The Morgan fingerprint density at radius 3 is 2.86 bits per heavy atom. The number of ether oxygens (including phenoxy) is 3. The van der Waals surface area contributed by atoms with E-state index in [-0.39, 0.29) is 12.8 Å². The summed E-state index contributed by atoms with van der Waals surface area (Å²) in [5, 5.41) is 12.8. The van der Waals surface area contributed by atoms with Crippen molar-refractivity contribution in [2.24, 2.45) is 0 Å². The van der Waals surface area contributed by atoms with E-state index >= 15 is 0 Å². The molecular weight excluding hydrogens is 370 g/mol. The first kappa shape index (κ1) is 17.9. The molecule has 0 spiro atoms. The number of benzene rings is 2. The molecule has 1 atom stereocenters. The Balaban J connectivity index is 1.74. The predicted molar refractivity (Wildman–Crippen MR) is 106 cm³/mol. The van der Waals surface area contributed by atoms with Crippen molar-refractivity contribution in [3.63, 3.8) is 0 Å². The third-order valence-corrected chi connectivity index (χ3v) is 5.86. The first-order chi connectivity index (χ1) is 14.0. The van der Waals surface area contributed by atoms with E-state index in [1.54, 1.807) is 7.11 Å². The molecule has 0 N–H and O–H groups in total. The lowest BCUT2D eigenvalue weighted by Gasteiger charge is -2.42. The molecule has 0 bridgehead atoms. The van der Waals surface area contributed by atoms with Gasteiger partial charge in [0, 0.05) is 6.42 Å². The number of tetrazole rings is 1. The lowest BCUT2D eigenvalue weighted by atomic mass is 9.88. The number of aryl methyl sites for hydroxylation is 1. The van der Waals surface area contributed by atoms with Crippen molar-refractivity contribution < 1.29 is 18.7 Å². The maximum absolute atomic E-state index is 5.85. The quantitative estimate of drug-likeness (QED) is 0.636. The molecule has 1 aromatic heterocycles. The number of methoxy groups -OCH3 is 1. The summed E-state index contributed by atoms with van der Waals surface area (Å²) < 4.78 is 19.8. The highest BCUT2D eigenvalue weighted by atomic mass is 16.7. The number of likely N-dealkylation sites (N-methyl/N-ethyl adjacent to an activating group) is 1. The Hall–Kier alpha value is -3.13. The van der Waals surface area contributed by atoms with Gasteiger partial charge in [0.15, 0.2) is 17.5 Å². The number of quaternary nitrogens is 1. The van der Waals surface area contributed by atoms with Crippen LogP contribution >= 0.6 is 0 Å². The summed E-state index contributed by atoms with van der Waals surface area (Å²) in [6.45, 7) is 3.22. The van der Waals surface area contributed by atoms with Gasteiger partial charge in [-0.3, -0.25) is 0 Å². The van der Waals surface area contributed by atoms with Gasteiger partial charge in [0.1, 0.15) is 0 Å². The van der Waals surface area contributed by atoms with Crippen LogP contribution in [0.5, 0.6) is 17.2 Å². The van der Waals surface area contributed by atoms with Gasteiger partial charge in [0.2, 0.25) is 18.4 Å². The largest absolute Gasteiger partial charge is 0.492 e. The average Bonchev–Trinajstić information content (AvgIpc) is 3.35. The Labute approximate surface area is 169 Å². The molecular formula is C21H24N5O3+. The molecule has 150 valence electrons. The second kappa shape index (κ2) is 6.45. The summed E-state index contributed by atoms with van der Waals surface area (Å²) in [7, 11) is 6.08. The molecule has 29 heavy (non-hydrogen) atoms. The molecule has 0 radical (unpaired) electrons. The Kier molecular flexibility index (Phi) is 3.99. The van der Waals surface area contributed by atoms with E-state index in [0.29, 0.717) is 16.0 Å². The Morgan fingerprint density at radius 1 is 1.21 bits per heavy atom. The number of fused-ring (bicyclic) bond motifs is 2. The van der Waals surface area contributed by atoms with Crippen LogP contribution in [0.4, 0.5) is 0 Å². The molecule has 2 aliphatic heterocycles. The summed E-state index contributed by atoms with van der Waals surface area (Å²) in [6, 6.07) is 10.1. The van der Waals surface area contributed by atoms with E-state index in [2.05, 4.69) is 54.7 Å². The third-order valence-electron chi connectivity index (χ3n) is 5.86. The minimum atomic E-state index is -0.112. The molecule has 0 fully saturated rings. The van der Waals surface area contributed by atoms with Gasteiger partial charge < -0.3 is 18.7 Å². The van der Waals surface area contributed by atoms with E-state index in [0.717, 1.165) is 41.4 Å². The average molecular weight is 394 g/mol. The molecule has 0 unspecified atom stereocenters. The fraction of sp³-hybridized carbons (Fsp3) is 0.381. The van der Waals surface area contributed by atoms with E-state index in [4.69, 9.17) is 14.2 Å². The van der Waals surface area contributed by atoms with Crippen molar-refractivity contribution in [1.82, 2.24) is 20.2 Å². The summed E-state index contributed by atoms with van der Waals surface area (Å²) in [4.78, 5) is 0. The van der Waals surface area contributed by atoms with Crippen LogP contribution in [0, 0.1) is 6.92 Å². The highest BCUT2D eigenvalue weighted by Gasteiger charge is 2.45. The van der Waals surface area contributed by atoms with Crippen LogP contribution < -0.4 is 14.2 Å². The first-order valence-corrected chi connectivity index (χ1v) is 9.67. The molecule has 0 aliphatic carbocycles. The molecule has 0 saturated heterocycles. The van der Waals surface area contributed by atoms with Crippen molar-refractivity contribution in [2.75, 3.05) is 34.5 Å². The second-order valence-corrected chi connectivity index (χ2v) is 8.16. The van der Waals surface area contributed by atoms with Gasteiger partial charge >= 0.3 is 0 Å². The molecule has 2 aromatic carbocycles. The fourth-order valence-corrected chi connectivity index (χ4v) is 4.42. The van der Waals surface area contributed by atoms with Crippen LogP contribution in [-0.2, 0) is 6.42 Å². The number of hydrogen-bond acceptors (Lipinski definition) is 6. The zero-order chi connectivity index (χ0) is 20.2. The molecule has 3 heterocycles. The molecule has 8 nitrogen and oxygen atoms in total. The molecule has 2 aliphatic rings. The van der Waals surface area contributed by atoms with Gasteiger partial charge in [-0.1, -0.05) is 12.1 Å². The Bertz CT molecular complexity index is 1090. The molecule has 0 amide bonds. The lowest BCUT2D eigenvalue weighted by Crippen LogP contribution is -2.49. The number of nitrogens with zero attached hydrogens (tertiary/aromatic N) is 5. The monoisotopic (exact) mass is 394 g/mol. The van der Waals surface area contributed by atoms with Gasteiger partial charge in [0.05, 0.1) is 39.0 Å². The standard InChI is InChI=1S/C21H24N5O3/c1-13-6-5-7-15(10-13)25-21(22-23-24-25)18-17-14(8-9-26(18,2)3)11-16-19(20(17)27-4)29-12-28-16/h5-7,10-11,18H,8-9,12H2,1-4H3/q+1/t18-/m0/s1. The maximum atomic E-state index is 5.85. The van der Waals surface area contributed by atoms with Crippen LogP contribution in [0.3, 0.4) is 0 Å². The fourth-order valence-electron chi connectivity index (χ4n) is 4.42. The van der Waals surface area contributed by atoms with Crippen molar-refractivity contribution in [1.29, 1.82) is 0 Å². The van der Waals surface area contributed by atoms with Crippen molar-refractivity contribution in [2.45, 2.75) is 19.4 Å². The number of aromatic nitrogens is 4. The molecule has 0 saturated carbocycles. The zero-order valence-corrected chi connectivity index (χ0v) is 17.0. The van der Waals surface area contributed by atoms with Crippen LogP contribution in [0.2, 0.25) is 0 Å². The lowest BCUT2D eigenvalue weighted by molar-refractivity contribution is -0.917. The minimum Gasteiger partial charge on any atom is -0.492 e. The van der Waals surface area contributed by atoms with E-state index < -0.39 is 0 Å². The SMILES string of the molecule is COc1c2c(cc3c1[C@@H](c1nnnn1-c1cccc(C)c1)[N+](C)(C)CC3)OCO2. The van der Waals surface area contributed by atoms with Gasteiger partial charge in [0.25, 0.3) is 0 Å². The highest BCUT2D eigenvalue weighted by molar-refractivity contribution is 5.62. The first-order valence-electron chi connectivity index (χ1n) is 9.67. The van der Waals surface area contributed by atoms with Gasteiger partial charge in [-0.05, 0) is 46.7 Å². The van der Waals surface area contributed by atoms with Gasteiger partial charge in [-0.25, -0.2) is 0 Å². The summed E-state index contributed by atoms with van der Waals surface area (Å²) in [5.41, 5.74) is 4.35. The maximum Gasteiger partial charge on any atom is 0.231 e. The van der Waals surface area contributed by atoms with Crippen LogP contribution in [0.1, 0.15) is 28.6 Å². The van der Waals surface area contributed by atoms with Crippen LogP contribution in [0.15, 0.2) is 30.3 Å². The van der Waals surface area contributed by atoms with E-state index in [1.165, 1.54) is 5.56 Å². The summed E-state index contributed by atoms with van der Waals surface area (Å²) in [5.74, 6) is 2.89. The molecule has 8 heteroatoms. The van der Waals surface area contributed by atoms with Gasteiger partial charge in [-0.15, -0.1) is 5.10 Å². The van der Waals surface area contributed by atoms with Crippen molar-refractivity contribution >= 4 is 0 Å². The number of rotatable bonds is 3. The summed E-state index contributed by atoms with van der Waals surface area (Å²) >= 11 is 0. The van der Waals surface area contributed by atoms with Crippen molar-refractivity contribution in [3.8, 4) is 22.9 Å². The number of hydrogen-bond donors (Lipinski definition) is 0. The van der Waals surface area contributed by atoms with Crippen LogP contribution in [0.25, 0.3) is 5.69 Å². The van der Waals surface area contributed by atoms with Gasteiger partial charge in [-0.2, -0.15) is 4.68 Å². The molecule has 5 rings (SSSR count). The normalized spacial score (nSPS) is 19.1. The second-order valence-electron chi connectivity index (χ2n) is 8.16. The smallest absolute Gasteiger partial charge is 0.231 e. The third kappa shape index (κ3) is 2.74. The predicted octanol–water partition coefficient (Wildman–Crippen LogP) is 2.43. The Morgan fingerprint density at radius 2 is 2.07 bits per heavy atom. The van der Waals surface area contributed by atoms with Crippen LogP contribution in [-0.4, -0.2) is 59.2 Å². The molecule has 3 aromatic rings. The van der Waals surface area contributed by atoms with Crippen molar-refractivity contribution in [3.05, 3.63) is 52.8 Å².